The van der Waals surface area contributed by atoms with Gasteiger partial charge in [-0.1, -0.05) is 0 Å². The van der Waals surface area contributed by atoms with Gasteiger partial charge in [0.15, 0.2) is 17.5 Å². The Morgan fingerprint density at radius 2 is 1.64 bits per heavy atom. The van der Waals surface area contributed by atoms with Gasteiger partial charge in [0.25, 0.3) is 5.91 Å². The van der Waals surface area contributed by atoms with Crippen LogP contribution in [0.25, 0.3) is 0 Å². The fraction of sp³-hybridized carbons (Fsp3) is 0.526. The number of likely N-dealkylation sites (tertiary alicyclic amines) is 1. The topological polar surface area (TPSA) is 113 Å². The number of hydrogen-bond acceptors (Lipinski definition) is 6. The molecule has 0 aliphatic carbocycles. The van der Waals surface area contributed by atoms with Gasteiger partial charge in [-0.3, -0.25) is 14.4 Å². The minimum Gasteiger partial charge on any atom is -0.493 e. The summed E-state index contributed by atoms with van der Waals surface area (Å²) in [6.07, 6.45) is 1.39. The van der Waals surface area contributed by atoms with E-state index in [0.29, 0.717) is 48.9 Å². The average molecular weight is 392 g/mol. The monoisotopic (exact) mass is 392 g/mol. The third kappa shape index (κ3) is 3.49. The predicted molar refractivity (Wildman–Crippen MR) is 99.6 cm³/mol. The molecule has 3 amide bonds. The molecule has 152 valence electrons. The Balaban J connectivity index is 1.84. The first-order chi connectivity index (χ1) is 13.4. The molecule has 9 heteroatoms. The van der Waals surface area contributed by atoms with Gasteiger partial charge in [-0.25, -0.2) is 4.90 Å². The number of imide groups is 1. The fourth-order valence-corrected chi connectivity index (χ4v) is 4.04. The van der Waals surface area contributed by atoms with E-state index in [4.69, 9.17) is 19.9 Å². The van der Waals surface area contributed by atoms with Crippen LogP contribution in [-0.2, 0) is 14.4 Å². The van der Waals surface area contributed by atoms with Crippen LogP contribution >= 0.6 is 0 Å². The molecule has 2 fully saturated rings. The highest BCUT2D eigenvalue weighted by atomic mass is 16.5. The van der Waals surface area contributed by atoms with Gasteiger partial charge in [-0.05, 0) is 0 Å². The summed E-state index contributed by atoms with van der Waals surface area (Å²) in [5.74, 6) is 0.157. The quantitative estimate of drug-likeness (QED) is 0.609. The second-order valence-electron chi connectivity index (χ2n) is 7.04. The van der Waals surface area contributed by atoms with Crippen molar-refractivity contribution in [2.24, 2.45) is 11.7 Å². The maximum absolute atomic E-state index is 13.1. The Morgan fingerprint density at radius 3 is 2.11 bits per heavy atom. The lowest BCUT2D eigenvalue weighted by Gasteiger charge is -2.30. The number of rotatable bonds is 6. The highest BCUT2D eigenvalue weighted by Gasteiger charge is 2.47. The fourth-order valence-electron chi connectivity index (χ4n) is 4.04. The Bertz CT molecular complexity index is 763. The highest BCUT2D eigenvalue weighted by Crippen LogP contribution is 2.41. The maximum Gasteiger partial charge on any atom is 0.292 e. The van der Waals surface area contributed by atoms with Crippen molar-refractivity contribution >= 4 is 23.4 Å². The molecule has 2 saturated heterocycles. The van der Waals surface area contributed by atoms with Crippen molar-refractivity contribution in [3.05, 3.63) is 12.1 Å². The van der Waals surface area contributed by atoms with E-state index < -0.39 is 6.04 Å². The molecule has 0 unspecified atom stereocenters. The number of ether oxygens (including phenoxy) is 3. The molecule has 1 atom stereocenters. The number of anilines is 1. The molecule has 3 rings (SSSR count). The molecular weight excluding hydrogens is 366 g/mol. The number of methoxy groups -OCH3 is 3. The summed E-state index contributed by atoms with van der Waals surface area (Å²) >= 11 is 0. The first-order valence-corrected chi connectivity index (χ1v) is 9.22. The summed E-state index contributed by atoms with van der Waals surface area (Å²) in [5, 5.41) is 0. The third-order valence-corrected chi connectivity index (χ3v) is 5.58. The van der Waals surface area contributed by atoms with Crippen molar-refractivity contribution in [3.8, 4) is 17.2 Å². The van der Waals surface area contributed by atoms with Crippen LogP contribution in [0, 0.1) is 5.92 Å². The van der Waals surface area contributed by atoms with Crippen LogP contribution in [0.2, 0.25) is 0 Å². The zero-order valence-electron chi connectivity index (χ0n) is 16.3. The van der Waals surface area contributed by atoms with Crippen molar-refractivity contribution in [1.82, 2.24) is 0 Å². The number of amides is 3. The van der Waals surface area contributed by atoms with Gasteiger partial charge in [0, 0.05) is 30.9 Å². The van der Waals surface area contributed by atoms with Crippen molar-refractivity contribution in [1.29, 1.82) is 0 Å². The predicted octanol–water partition coefficient (Wildman–Crippen LogP) is -0.875. The number of quaternary nitrogens is 1. The molecule has 0 radical (unpaired) electrons. The molecule has 2 heterocycles. The number of nitrogens with two attached hydrogens (primary N) is 1. The summed E-state index contributed by atoms with van der Waals surface area (Å²) in [7, 11) is 4.44. The average Bonchev–Trinajstić information content (AvgIpc) is 3.00. The molecule has 0 bridgehead atoms. The molecule has 3 N–H and O–H groups in total. The van der Waals surface area contributed by atoms with Gasteiger partial charge in [0.1, 0.15) is 0 Å². The smallest absolute Gasteiger partial charge is 0.292 e. The lowest BCUT2D eigenvalue weighted by molar-refractivity contribution is -0.920. The molecule has 9 nitrogen and oxygen atoms in total. The minimum absolute atomic E-state index is 0.131. The molecule has 28 heavy (non-hydrogen) atoms. The lowest BCUT2D eigenvalue weighted by atomic mass is 9.95. The first-order valence-electron chi connectivity index (χ1n) is 9.22. The Hall–Kier alpha value is -2.81. The number of benzene rings is 1. The van der Waals surface area contributed by atoms with E-state index in [1.807, 2.05) is 0 Å². The Morgan fingerprint density at radius 1 is 1.07 bits per heavy atom. The summed E-state index contributed by atoms with van der Waals surface area (Å²) in [6, 6.07) is 2.72. The summed E-state index contributed by atoms with van der Waals surface area (Å²) in [6.45, 7) is 1.28. The normalized spacial score (nSPS) is 25.0. The van der Waals surface area contributed by atoms with Crippen LogP contribution in [0.1, 0.15) is 19.3 Å². The number of carbonyl (C=O) groups excluding carboxylic acids is 3. The van der Waals surface area contributed by atoms with Gasteiger partial charge in [-0.15, -0.1) is 0 Å². The summed E-state index contributed by atoms with van der Waals surface area (Å²) in [5.41, 5.74) is 5.77. The number of nitrogens with one attached hydrogen (secondary N) is 1. The zero-order valence-corrected chi connectivity index (χ0v) is 16.3. The minimum atomic E-state index is -0.458. The second-order valence-corrected chi connectivity index (χ2v) is 7.04. The lowest BCUT2D eigenvalue weighted by Crippen LogP contribution is -3.17. The van der Waals surface area contributed by atoms with Gasteiger partial charge < -0.3 is 24.8 Å². The van der Waals surface area contributed by atoms with Crippen LogP contribution in [0.15, 0.2) is 12.1 Å². The Labute approximate surface area is 163 Å². The third-order valence-electron chi connectivity index (χ3n) is 5.58. The van der Waals surface area contributed by atoms with E-state index in [9.17, 15) is 14.4 Å². The van der Waals surface area contributed by atoms with E-state index in [-0.39, 0.29) is 30.1 Å². The SMILES string of the molecule is COc1cc(N2C(=O)C[C@H]([NH+]3CCC(C(N)=O)CC3)C2=O)cc(OC)c1OC. The molecule has 2 aliphatic heterocycles. The van der Waals surface area contributed by atoms with E-state index >= 15 is 0 Å². The van der Waals surface area contributed by atoms with Gasteiger partial charge in [0.05, 0.1) is 46.5 Å². The molecule has 1 aromatic rings. The first kappa shape index (κ1) is 19.9. The largest absolute Gasteiger partial charge is 0.493 e. The van der Waals surface area contributed by atoms with E-state index in [1.54, 1.807) is 12.1 Å². The van der Waals surface area contributed by atoms with Crippen LogP contribution in [0.4, 0.5) is 5.69 Å². The molecular formula is C19H26N3O6+. The maximum atomic E-state index is 13.1. The summed E-state index contributed by atoms with van der Waals surface area (Å²) in [4.78, 5) is 39.3. The number of piperidine rings is 1. The Kier molecular flexibility index (Phi) is 5.73. The number of carbonyl (C=O) groups is 3. The molecule has 1 aromatic carbocycles. The van der Waals surface area contributed by atoms with Crippen LogP contribution in [-0.4, -0.2) is 58.2 Å². The van der Waals surface area contributed by atoms with Crippen molar-refractivity contribution in [2.45, 2.75) is 25.3 Å². The highest BCUT2D eigenvalue weighted by molar-refractivity contribution is 6.22. The van der Waals surface area contributed by atoms with Crippen molar-refractivity contribution < 1.29 is 33.5 Å². The molecule has 2 aliphatic rings. The molecule has 0 spiro atoms. The van der Waals surface area contributed by atoms with E-state index in [1.165, 1.54) is 26.2 Å². The van der Waals surface area contributed by atoms with Gasteiger partial charge in [-0.2, -0.15) is 0 Å². The van der Waals surface area contributed by atoms with E-state index in [0.717, 1.165) is 4.90 Å². The van der Waals surface area contributed by atoms with Gasteiger partial charge in [0.2, 0.25) is 17.6 Å². The number of hydrogen-bond donors (Lipinski definition) is 2. The molecule has 0 saturated carbocycles. The van der Waals surface area contributed by atoms with Crippen LogP contribution in [0.5, 0.6) is 17.2 Å². The van der Waals surface area contributed by atoms with Crippen molar-refractivity contribution in [3.63, 3.8) is 0 Å². The zero-order chi connectivity index (χ0) is 20.4. The number of primary amides is 1. The van der Waals surface area contributed by atoms with Gasteiger partial charge >= 0.3 is 0 Å². The standard InChI is InChI=1S/C19H25N3O6/c1-26-14-8-12(9-15(27-2)17(14)28-3)22-16(23)10-13(19(22)25)21-6-4-11(5-7-21)18(20)24/h8-9,11,13H,4-7,10H2,1-3H3,(H2,20,24)/p+1/t13-/m0/s1. The van der Waals surface area contributed by atoms with Crippen molar-refractivity contribution in [2.75, 3.05) is 39.3 Å². The van der Waals surface area contributed by atoms with Crippen LogP contribution in [0.3, 0.4) is 0 Å². The second kappa shape index (κ2) is 8.05. The van der Waals surface area contributed by atoms with E-state index in [2.05, 4.69) is 0 Å². The molecule has 0 aromatic heterocycles. The summed E-state index contributed by atoms with van der Waals surface area (Å²) < 4.78 is 15.9. The number of nitrogens with zero attached hydrogens (tertiary/aromatic N) is 1. The van der Waals surface area contributed by atoms with Crippen LogP contribution < -0.4 is 29.7 Å².